The molecule has 0 saturated heterocycles. The minimum absolute atomic E-state index is 0.133. The first-order valence-electron chi connectivity index (χ1n) is 6.09. The van der Waals surface area contributed by atoms with Gasteiger partial charge in [-0.15, -0.1) is 0 Å². The van der Waals surface area contributed by atoms with Crippen LogP contribution in [0.25, 0.3) is 0 Å². The van der Waals surface area contributed by atoms with Crippen LogP contribution in [-0.4, -0.2) is 13.9 Å². The second-order valence-corrected chi connectivity index (χ2v) is 5.89. The maximum absolute atomic E-state index is 12.3. The molecule has 1 aliphatic rings. The molecule has 0 fully saturated rings. The Labute approximate surface area is 120 Å². The first kappa shape index (κ1) is 15.4. The summed E-state index contributed by atoms with van der Waals surface area (Å²) in [5.41, 5.74) is -4.44. The van der Waals surface area contributed by atoms with Gasteiger partial charge in [-0.05, 0) is 25.0 Å². The minimum Gasteiger partial charge on any atom is -0.380 e. The van der Waals surface area contributed by atoms with Crippen molar-refractivity contribution in [2.24, 2.45) is 0 Å². The molecule has 1 aliphatic carbocycles. The minimum atomic E-state index is -5.62. The zero-order valence-electron chi connectivity index (χ0n) is 10.8. The summed E-state index contributed by atoms with van der Waals surface area (Å²) < 4.78 is 63.1. The lowest BCUT2D eigenvalue weighted by Crippen LogP contribution is -2.25. The van der Waals surface area contributed by atoms with Gasteiger partial charge in [0.2, 0.25) is 0 Å². The summed E-state index contributed by atoms with van der Waals surface area (Å²) in [5, 5.41) is 0. The molecule has 21 heavy (non-hydrogen) atoms. The highest BCUT2D eigenvalue weighted by Crippen LogP contribution is 2.33. The topological polar surface area (TPSA) is 43.4 Å². The number of rotatable bonds is 2. The molecule has 0 atom stereocenters. The molecule has 0 radical (unpaired) electrons. The fourth-order valence-electron chi connectivity index (χ4n) is 1.79. The lowest BCUT2D eigenvalue weighted by Gasteiger charge is -2.10. The molecule has 1 aromatic rings. The Morgan fingerprint density at radius 3 is 2.33 bits per heavy atom. The van der Waals surface area contributed by atoms with Gasteiger partial charge in [-0.25, -0.2) is 0 Å². The molecule has 0 unspecified atom stereocenters. The van der Waals surface area contributed by atoms with Gasteiger partial charge in [-0.2, -0.15) is 21.6 Å². The van der Waals surface area contributed by atoms with E-state index in [1.165, 1.54) is 0 Å². The SMILES string of the molecule is O=S(=O)(OC1=C(C#Cc2ccccc2)CCC1)C(F)(F)F. The smallest absolute Gasteiger partial charge is 0.380 e. The molecule has 0 saturated carbocycles. The van der Waals surface area contributed by atoms with E-state index in [2.05, 4.69) is 16.0 Å². The fourth-order valence-corrected chi connectivity index (χ4v) is 2.33. The van der Waals surface area contributed by atoms with Crippen LogP contribution in [0.15, 0.2) is 41.7 Å². The quantitative estimate of drug-likeness (QED) is 0.477. The zero-order chi connectivity index (χ0) is 15.5. The van der Waals surface area contributed by atoms with Gasteiger partial charge in [0.05, 0.1) is 0 Å². The van der Waals surface area contributed by atoms with Crippen LogP contribution in [0.4, 0.5) is 13.2 Å². The summed E-state index contributed by atoms with van der Waals surface area (Å²) in [6, 6.07) is 8.85. The summed E-state index contributed by atoms with van der Waals surface area (Å²) in [5.74, 6) is 5.26. The number of hydrogen-bond acceptors (Lipinski definition) is 3. The summed E-state index contributed by atoms with van der Waals surface area (Å²) in [7, 11) is -5.62. The monoisotopic (exact) mass is 316 g/mol. The molecule has 0 heterocycles. The summed E-state index contributed by atoms with van der Waals surface area (Å²) in [6.07, 6.45) is 1.05. The van der Waals surface area contributed by atoms with Crippen molar-refractivity contribution >= 4 is 10.1 Å². The van der Waals surface area contributed by atoms with Crippen LogP contribution in [0.1, 0.15) is 24.8 Å². The lowest BCUT2D eigenvalue weighted by molar-refractivity contribution is -0.0523. The number of benzene rings is 1. The van der Waals surface area contributed by atoms with Crippen molar-refractivity contribution in [2.75, 3.05) is 0 Å². The fraction of sp³-hybridized carbons (Fsp3) is 0.286. The van der Waals surface area contributed by atoms with Crippen LogP contribution >= 0.6 is 0 Å². The number of allylic oxidation sites excluding steroid dienone is 2. The average Bonchev–Trinajstić information content (AvgIpc) is 2.83. The van der Waals surface area contributed by atoms with Crippen molar-refractivity contribution in [2.45, 2.75) is 24.8 Å². The normalized spacial score (nSPS) is 15.6. The van der Waals surface area contributed by atoms with E-state index >= 15 is 0 Å². The molecule has 0 spiro atoms. The van der Waals surface area contributed by atoms with Gasteiger partial charge in [0, 0.05) is 17.6 Å². The highest BCUT2D eigenvalue weighted by Gasteiger charge is 2.49. The van der Waals surface area contributed by atoms with Crippen LogP contribution in [-0.2, 0) is 14.3 Å². The first-order chi connectivity index (χ1) is 9.79. The molecule has 3 nitrogen and oxygen atoms in total. The molecular weight excluding hydrogens is 305 g/mol. The van der Waals surface area contributed by atoms with Crippen LogP contribution in [0.5, 0.6) is 0 Å². The van der Waals surface area contributed by atoms with Crippen LogP contribution < -0.4 is 0 Å². The molecule has 0 amide bonds. The van der Waals surface area contributed by atoms with Crippen molar-refractivity contribution in [1.29, 1.82) is 0 Å². The van der Waals surface area contributed by atoms with E-state index in [0.29, 0.717) is 24.0 Å². The van der Waals surface area contributed by atoms with Gasteiger partial charge in [0.25, 0.3) is 0 Å². The van der Waals surface area contributed by atoms with Crippen LogP contribution in [0.2, 0.25) is 0 Å². The second-order valence-electron chi connectivity index (χ2n) is 4.35. The first-order valence-corrected chi connectivity index (χ1v) is 7.50. The molecule has 0 N–H and O–H groups in total. The zero-order valence-corrected chi connectivity index (χ0v) is 11.6. The summed E-state index contributed by atoms with van der Waals surface area (Å²) >= 11 is 0. The highest BCUT2D eigenvalue weighted by atomic mass is 32.2. The van der Waals surface area contributed by atoms with E-state index in [4.69, 9.17) is 0 Å². The molecule has 0 aromatic heterocycles. The Morgan fingerprint density at radius 1 is 1.05 bits per heavy atom. The molecule has 1 aromatic carbocycles. The van der Waals surface area contributed by atoms with E-state index < -0.39 is 15.6 Å². The average molecular weight is 316 g/mol. The van der Waals surface area contributed by atoms with Gasteiger partial charge in [0.15, 0.2) is 0 Å². The van der Waals surface area contributed by atoms with E-state index in [0.717, 1.165) is 0 Å². The largest absolute Gasteiger partial charge is 0.534 e. The molecule has 0 bridgehead atoms. The van der Waals surface area contributed by atoms with Gasteiger partial charge in [-0.3, -0.25) is 0 Å². The van der Waals surface area contributed by atoms with E-state index in [1.807, 2.05) is 6.07 Å². The Kier molecular flexibility index (Phi) is 4.28. The third kappa shape index (κ3) is 3.79. The van der Waals surface area contributed by atoms with Gasteiger partial charge >= 0.3 is 15.6 Å². The number of hydrogen-bond donors (Lipinski definition) is 0. The third-order valence-electron chi connectivity index (χ3n) is 2.79. The van der Waals surface area contributed by atoms with Crippen molar-refractivity contribution in [3.05, 3.63) is 47.2 Å². The summed E-state index contributed by atoms with van der Waals surface area (Å²) in [4.78, 5) is 0. The highest BCUT2D eigenvalue weighted by molar-refractivity contribution is 7.87. The molecule has 2 rings (SSSR count). The number of alkyl halides is 3. The Balaban J connectivity index is 2.25. The van der Waals surface area contributed by atoms with Gasteiger partial charge in [-0.1, -0.05) is 30.0 Å². The maximum Gasteiger partial charge on any atom is 0.534 e. The second kappa shape index (κ2) is 5.82. The van der Waals surface area contributed by atoms with Gasteiger partial charge in [0.1, 0.15) is 5.76 Å². The van der Waals surface area contributed by atoms with E-state index in [1.54, 1.807) is 24.3 Å². The van der Waals surface area contributed by atoms with Gasteiger partial charge < -0.3 is 4.18 Å². The molecular formula is C14H11F3O3S. The van der Waals surface area contributed by atoms with E-state index in [9.17, 15) is 21.6 Å². The van der Waals surface area contributed by atoms with Crippen LogP contribution in [0.3, 0.4) is 0 Å². The van der Waals surface area contributed by atoms with Crippen molar-refractivity contribution in [1.82, 2.24) is 0 Å². The van der Waals surface area contributed by atoms with Crippen LogP contribution in [0, 0.1) is 11.8 Å². The maximum atomic E-state index is 12.3. The Bertz CT molecular complexity index is 707. The summed E-state index contributed by atoms with van der Waals surface area (Å²) in [6.45, 7) is 0. The predicted molar refractivity (Wildman–Crippen MR) is 70.3 cm³/mol. The third-order valence-corrected chi connectivity index (χ3v) is 3.78. The number of halogens is 3. The lowest BCUT2D eigenvalue weighted by atomic mass is 10.2. The molecule has 7 heteroatoms. The van der Waals surface area contributed by atoms with E-state index in [-0.39, 0.29) is 12.2 Å². The molecule has 0 aliphatic heterocycles. The standard InChI is InChI=1S/C14H11F3O3S/c15-14(16,17)21(18,19)20-13-8-4-7-12(13)10-9-11-5-2-1-3-6-11/h1-3,5-6H,4,7-8H2. The van der Waals surface area contributed by atoms with Crippen molar-refractivity contribution in [3.8, 4) is 11.8 Å². The Hall–Kier alpha value is -1.94. The van der Waals surface area contributed by atoms with Crippen molar-refractivity contribution in [3.63, 3.8) is 0 Å². The Morgan fingerprint density at radius 2 is 1.71 bits per heavy atom. The van der Waals surface area contributed by atoms with Crippen molar-refractivity contribution < 1.29 is 25.8 Å². The molecule has 112 valence electrons. The predicted octanol–water partition coefficient (Wildman–Crippen LogP) is 3.34.